The van der Waals surface area contributed by atoms with Crippen LogP contribution in [-0.2, 0) is 5.88 Å². The van der Waals surface area contributed by atoms with Crippen molar-refractivity contribution in [1.82, 2.24) is 4.98 Å². The van der Waals surface area contributed by atoms with E-state index in [4.69, 9.17) is 11.6 Å². The molecule has 0 aliphatic rings. The highest BCUT2D eigenvalue weighted by molar-refractivity contribution is 7.18. The van der Waals surface area contributed by atoms with E-state index in [0.29, 0.717) is 5.88 Å². The zero-order valence-corrected chi connectivity index (χ0v) is 8.55. The van der Waals surface area contributed by atoms with Crippen molar-refractivity contribution in [3.63, 3.8) is 0 Å². The second-order valence-corrected chi connectivity index (χ2v) is 3.59. The molecule has 1 aromatic carbocycles. The summed E-state index contributed by atoms with van der Waals surface area (Å²) in [7, 11) is 0. The largest absolute Gasteiger partial charge is 0.240 e. The van der Waals surface area contributed by atoms with E-state index in [9.17, 15) is 0 Å². The lowest BCUT2D eigenvalue weighted by atomic mass is 10.3. The topological polar surface area (TPSA) is 12.9 Å². The summed E-state index contributed by atoms with van der Waals surface area (Å²) in [5, 5.41) is 0.993. The molecule has 64 valence electrons. The number of nitrogens with zero attached hydrogens (tertiary/aromatic N) is 1. The lowest BCUT2D eigenvalue weighted by molar-refractivity contribution is 1.30. The maximum Gasteiger partial charge on any atom is 0.109 e. The number of aromatic nitrogens is 1. The fourth-order valence-corrected chi connectivity index (χ4v) is 2.02. The van der Waals surface area contributed by atoms with Crippen LogP contribution in [0.15, 0.2) is 24.3 Å². The zero-order valence-electron chi connectivity index (χ0n) is 6.16. The monoisotopic (exact) mass is 219 g/mol. The molecule has 0 atom stereocenters. The van der Waals surface area contributed by atoms with E-state index in [1.165, 1.54) is 4.70 Å². The number of para-hydroxylation sites is 1. The van der Waals surface area contributed by atoms with Crippen LogP contribution in [0.4, 0.5) is 0 Å². The van der Waals surface area contributed by atoms with Crippen molar-refractivity contribution >= 4 is 45.6 Å². The van der Waals surface area contributed by atoms with Crippen LogP contribution in [-0.4, -0.2) is 4.98 Å². The lowest BCUT2D eigenvalue weighted by Gasteiger charge is -1.80. The normalized spacial score (nSPS) is 9.75. The summed E-state index contributed by atoms with van der Waals surface area (Å²) in [5.74, 6) is 0.513. The Morgan fingerprint density at radius 1 is 1.33 bits per heavy atom. The van der Waals surface area contributed by atoms with Crippen LogP contribution in [0.1, 0.15) is 5.01 Å². The Bertz CT molecular complexity index is 339. The number of halogens is 2. The summed E-state index contributed by atoms with van der Waals surface area (Å²) < 4.78 is 1.21. The molecule has 0 aliphatic heterocycles. The smallest absolute Gasteiger partial charge is 0.109 e. The quantitative estimate of drug-likeness (QED) is 0.670. The molecule has 0 amide bonds. The molecule has 0 fully saturated rings. The number of thiazole rings is 1. The average Bonchev–Trinajstić information content (AvgIpc) is 2.46. The molecule has 0 radical (unpaired) electrons. The van der Waals surface area contributed by atoms with Crippen LogP contribution >= 0.6 is 35.3 Å². The van der Waals surface area contributed by atoms with Crippen molar-refractivity contribution in [2.75, 3.05) is 0 Å². The highest BCUT2D eigenvalue weighted by Gasteiger charge is 1.99. The molecule has 0 aliphatic carbocycles. The summed E-state index contributed by atoms with van der Waals surface area (Å²) >= 11 is 7.30. The van der Waals surface area contributed by atoms with Crippen LogP contribution in [0, 0.1) is 0 Å². The second kappa shape index (κ2) is 4.08. The molecule has 0 N–H and O–H groups in total. The minimum Gasteiger partial charge on any atom is -0.240 e. The van der Waals surface area contributed by atoms with Gasteiger partial charge in [0.15, 0.2) is 0 Å². The van der Waals surface area contributed by atoms with Crippen LogP contribution in [0.2, 0.25) is 0 Å². The average molecular weight is 220 g/mol. The summed E-state index contributed by atoms with van der Waals surface area (Å²) in [6.45, 7) is 0. The molecular formula is C8H7Cl2NS. The van der Waals surface area contributed by atoms with Crippen molar-refractivity contribution < 1.29 is 0 Å². The molecule has 0 saturated carbocycles. The summed E-state index contributed by atoms with van der Waals surface area (Å²) in [5.41, 5.74) is 1.05. The number of benzene rings is 1. The maximum atomic E-state index is 5.65. The van der Waals surface area contributed by atoms with Crippen molar-refractivity contribution in [3.05, 3.63) is 29.3 Å². The second-order valence-electron chi connectivity index (χ2n) is 2.21. The van der Waals surface area contributed by atoms with Gasteiger partial charge in [-0.15, -0.1) is 35.3 Å². The van der Waals surface area contributed by atoms with Gasteiger partial charge >= 0.3 is 0 Å². The third-order valence-corrected chi connectivity index (χ3v) is 2.90. The highest BCUT2D eigenvalue weighted by Crippen LogP contribution is 2.22. The summed E-state index contributed by atoms with van der Waals surface area (Å²) in [4.78, 5) is 4.32. The van der Waals surface area contributed by atoms with Gasteiger partial charge in [-0.25, -0.2) is 4.98 Å². The number of alkyl halides is 1. The number of fused-ring (bicyclic) bond motifs is 1. The standard InChI is InChI=1S/C8H6ClNS.ClH/c9-5-8-10-6-3-1-2-4-7(6)11-8;/h1-4H,5H2;1H. The number of hydrogen-bond donors (Lipinski definition) is 0. The van der Waals surface area contributed by atoms with E-state index in [0.717, 1.165) is 10.5 Å². The first-order chi connectivity index (χ1) is 5.40. The molecule has 0 spiro atoms. The summed E-state index contributed by atoms with van der Waals surface area (Å²) in [6, 6.07) is 8.06. The van der Waals surface area contributed by atoms with E-state index >= 15 is 0 Å². The molecule has 1 nitrogen and oxygen atoms in total. The first-order valence-corrected chi connectivity index (χ1v) is 4.65. The third-order valence-electron chi connectivity index (χ3n) is 1.45. The molecule has 1 heterocycles. The summed E-state index contributed by atoms with van der Waals surface area (Å²) in [6.07, 6.45) is 0. The van der Waals surface area contributed by atoms with Crippen molar-refractivity contribution in [2.45, 2.75) is 5.88 Å². The van der Waals surface area contributed by atoms with Gasteiger partial charge in [-0.3, -0.25) is 0 Å². The molecule has 2 aromatic rings. The van der Waals surface area contributed by atoms with Gasteiger partial charge in [-0.1, -0.05) is 12.1 Å². The van der Waals surface area contributed by atoms with Gasteiger partial charge in [-0.05, 0) is 12.1 Å². The third kappa shape index (κ3) is 1.71. The molecular weight excluding hydrogens is 213 g/mol. The van der Waals surface area contributed by atoms with Crippen LogP contribution in [0.3, 0.4) is 0 Å². The van der Waals surface area contributed by atoms with E-state index < -0.39 is 0 Å². The maximum absolute atomic E-state index is 5.65. The Labute approximate surface area is 85.8 Å². The number of hydrogen-bond acceptors (Lipinski definition) is 2. The molecule has 0 saturated heterocycles. The Balaban J connectivity index is 0.000000720. The van der Waals surface area contributed by atoms with Gasteiger partial charge in [0.1, 0.15) is 5.01 Å². The van der Waals surface area contributed by atoms with Gasteiger partial charge < -0.3 is 0 Å². The van der Waals surface area contributed by atoms with Gasteiger partial charge in [0.05, 0.1) is 16.1 Å². The van der Waals surface area contributed by atoms with Crippen LogP contribution in [0.5, 0.6) is 0 Å². The van der Waals surface area contributed by atoms with E-state index in [1.807, 2.05) is 18.2 Å². The highest BCUT2D eigenvalue weighted by atomic mass is 35.5. The van der Waals surface area contributed by atoms with Gasteiger partial charge in [-0.2, -0.15) is 0 Å². The first-order valence-electron chi connectivity index (χ1n) is 3.30. The van der Waals surface area contributed by atoms with Crippen molar-refractivity contribution in [2.24, 2.45) is 0 Å². The van der Waals surface area contributed by atoms with E-state index in [-0.39, 0.29) is 12.4 Å². The predicted molar refractivity (Wildman–Crippen MR) is 56.4 cm³/mol. The van der Waals surface area contributed by atoms with Crippen molar-refractivity contribution in [1.29, 1.82) is 0 Å². The van der Waals surface area contributed by atoms with Gasteiger partial charge in [0, 0.05) is 0 Å². The fourth-order valence-electron chi connectivity index (χ4n) is 0.977. The SMILES string of the molecule is Cl.ClCc1nc2ccccc2s1. The lowest BCUT2D eigenvalue weighted by Crippen LogP contribution is -1.70. The molecule has 4 heteroatoms. The molecule has 0 unspecified atom stereocenters. The number of rotatable bonds is 1. The van der Waals surface area contributed by atoms with Gasteiger partial charge in [0.2, 0.25) is 0 Å². The zero-order chi connectivity index (χ0) is 7.68. The molecule has 1 aromatic heterocycles. The van der Waals surface area contributed by atoms with E-state index in [1.54, 1.807) is 11.3 Å². The van der Waals surface area contributed by atoms with Gasteiger partial charge in [0.25, 0.3) is 0 Å². The Kier molecular flexibility index (Phi) is 3.32. The predicted octanol–water partition coefficient (Wildman–Crippen LogP) is 3.46. The van der Waals surface area contributed by atoms with Crippen LogP contribution in [0.25, 0.3) is 10.2 Å². The molecule has 2 rings (SSSR count). The molecule has 0 bridgehead atoms. The molecule has 12 heavy (non-hydrogen) atoms. The van der Waals surface area contributed by atoms with E-state index in [2.05, 4.69) is 11.1 Å². The fraction of sp³-hybridized carbons (Fsp3) is 0.125. The Morgan fingerprint density at radius 3 is 2.75 bits per heavy atom. The first kappa shape index (κ1) is 9.78. The minimum atomic E-state index is 0. The Hall–Kier alpha value is -0.310. The minimum absolute atomic E-state index is 0. The van der Waals surface area contributed by atoms with Crippen LogP contribution < -0.4 is 0 Å². The Morgan fingerprint density at radius 2 is 2.08 bits per heavy atom. The van der Waals surface area contributed by atoms with Crippen molar-refractivity contribution in [3.8, 4) is 0 Å².